The first-order chi connectivity index (χ1) is 9.53. The van der Waals surface area contributed by atoms with Crippen LogP contribution in [0, 0.1) is 0 Å². The van der Waals surface area contributed by atoms with E-state index in [9.17, 15) is 9.59 Å². The van der Waals surface area contributed by atoms with Gasteiger partial charge in [0.2, 0.25) is 0 Å². The summed E-state index contributed by atoms with van der Waals surface area (Å²) in [6.07, 6.45) is 6.85. The summed E-state index contributed by atoms with van der Waals surface area (Å²) in [6.45, 7) is 2.95. The second kappa shape index (κ2) is 5.95. The van der Waals surface area contributed by atoms with Gasteiger partial charge in [0.15, 0.2) is 0 Å². The molecule has 20 heavy (non-hydrogen) atoms. The van der Waals surface area contributed by atoms with E-state index in [0.29, 0.717) is 18.8 Å². The van der Waals surface area contributed by atoms with Crippen LogP contribution in [-0.2, 0) is 6.54 Å². The van der Waals surface area contributed by atoms with Crippen molar-refractivity contribution in [3.8, 4) is 0 Å². The van der Waals surface area contributed by atoms with Crippen molar-refractivity contribution in [2.75, 3.05) is 23.9 Å². The molecule has 0 atom stereocenters. The predicted octanol–water partition coefficient (Wildman–Crippen LogP) is 1.23. The first kappa shape index (κ1) is 15.0. The quantitative estimate of drug-likeness (QED) is 0.760. The number of thioether (sulfide) groups is 1. The second-order valence-electron chi connectivity index (χ2n) is 5.21. The Balaban J connectivity index is 2.26. The SMILES string of the molecule is CCn1c(N)c(NCC2(SC)CCCC2)c(=O)[nH]c1=O. The molecule has 1 saturated carbocycles. The number of hydrogen-bond acceptors (Lipinski definition) is 5. The van der Waals surface area contributed by atoms with Crippen LogP contribution in [0.5, 0.6) is 0 Å². The average molecular weight is 298 g/mol. The number of rotatable bonds is 5. The number of anilines is 2. The van der Waals surface area contributed by atoms with Gasteiger partial charge in [-0.3, -0.25) is 14.3 Å². The van der Waals surface area contributed by atoms with Crippen LogP contribution < -0.4 is 22.3 Å². The maximum absolute atomic E-state index is 11.9. The Morgan fingerprint density at radius 1 is 1.40 bits per heavy atom. The summed E-state index contributed by atoms with van der Waals surface area (Å²) in [7, 11) is 0. The highest BCUT2D eigenvalue weighted by molar-refractivity contribution is 8.00. The highest BCUT2D eigenvalue weighted by Gasteiger charge is 2.33. The summed E-state index contributed by atoms with van der Waals surface area (Å²) >= 11 is 1.84. The first-order valence-electron chi connectivity index (χ1n) is 6.94. The van der Waals surface area contributed by atoms with Gasteiger partial charge in [0.05, 0.1) is 0 Å². The summed E-state index contributed by atoms with van der Waals surface area (Å²) in [5.41, 5.74) is 5.35. The molecule has 0 saturated heterocycles. The van der Waals surface area contributed by atoms with Gasteiger partial charge in [-0.2, -0.15) is 11.8 Å². The molecule has 1 aromatic heterocycles. The number of aromatic nitrogens is 2. The van der Waals surface area contributed by atoms with Crippen LogP contribution in [0.25, 0.3) is 0 Å². The standard InChI is InChI=1S/C13H22N4O2S/c1-3-17-10(14)9(11(18)16-12(17)19)15-8-13(20-2)6-4-5-7-13/h15H,3-8,14H2,1-2H3,(H,16,18,19). The van der Waals surface area contributed by atoms with Crippen molar-refractivity contribution in [2.24, 2.45) is 0 Å². The van der Waals surface area contributed by atoms with Crippen molar-refractivity contribution < 1.29 is 0 Å². The molecule has 1 aliphatic carbocycles. The number of nitrogen functional groups attached to an aromatic ring is 1. The van der Waals surface area contributed by atoms with Gasteiger partial charge in [0.25, 0.3) is 5.56 Å². The minimum atomic E-state index is -0.457. The highest BCUT2D eigenvalue weighted by atomic mass is 32.2. The third-order valence-electron chi connectivity index (χ3n) is 4.09. The molecule has 4 N–H and O–H groups in total. The van der Waals surface area contributed by atoms with Crippen LogP contribution in [0.1, 0.15) is 32.6 Å². The molecule has 1 heterocycles. The lowest BCUT2D eigenvalue weighted by atomic mass is 10.1. The predicted molar refractivity (Wildman–Crippen MR) is 84.6 cm³/mol. The Morgan fingerprint density at radius 2 is 2.05 bits per heavy atom. The molecule has 0 bridgehead atoms. The minimum Gasteiger partial charge on any atom is -0.383 e. The molecule has 0 spiro atoms. The van der Waals surface area contributed by atoms with E-state index in [4.69, 9.17) is 5.73 Å². The zero-order chi connectivity index (χ0) is 14.8. The Morgan fingerprint density at radius 3 is 2.60 bits per heavy atom. The van der Waals surface area contributed by atoms with Crippen LogP contribution >= 0.6 is 11.8 Å². The molecule has 112 valence electrons. The summed E-state index contributed by atoms with van der Waals surface area (Å²) in [6, 6.07) is 0. The number of H-pyrrole nitrogens is 1. The van der Waals surface area contributed by atoms with E-state index in [-0.39, 0.29) is 10.6 Å². The van der Waals surface area contributed by atoms with E-state index in [2.05, 4.69) is 16.6 Å². The van der Waals surface area contributed by atoms with Crippen molar-refractivity contribution in [2.45, 2.75) is 43.9 Å². The van der Waals surface area contributed by atoms with Gasteiger partial charge in [-0.15, -0.1) is 0 Å². The highest BCUT2D eigenvalue weighted by Crippen LogP contribution is 2.40. The number of nitrogens with zero attached hydrogens (tertiary/aromatic N) is 1. The topological polar surface area (TPSA) is 92.9 Å². The first-order valence-corrected chi connectivity index (χ1v) is 8.17. The third kappa shape index (κ3) is 2.72. The molecule has 0 aromatic carbocycles. The van der Waals surface area contributed by atoms with Crippen molar-refractivity contribution >= 4 is 23.3 Å². The van der Waals surface area contributed by atoms with Crippen molar-refractivity contribution in [3.63, 3.8) is 0 Å². The molecule has 1 aliphatic rings. The number of nitrogens with two attached hydrogens (primary N) is 1. The van der Waals surface area contributed by atoms with E-state index >= 15 is 0 Å². The Bertz CT molecular complexity index is 587. The van der Waals surface area contributed by atoms with Crippen LogP contribution in [0.3, 0.4) is 0 Å². The lowest BCUT2D eigenvalue weighted by Crippen LogP contribution is -2.37. The normalized spacial score (nSPS) is 17.3. The maximum atomic E-state index is 11.9. The van der Waals surface area contributed by atoms with Crippen LogP contribution in [0.15, 0.2) is 9.59 Å². The van der Waals surface area contributed by atoms with Crippen LogP contribution in [0.4, 0.5) is 11.5 Å². The molecule has 0 amide bonds. The Labute approximate surface area is 122 Å². The smallest absolute Gasteiger partial charge is 0.330 e. The van der Waals surface area contributed by atoms with E-state index in [1.807, 2.05) is 18.7 Å². The summed E-state index contributed by atoms with van der Waals surface area (Å²) < 4.78 is 1.54. The fourth-order valence-corrected chi connectivity index (χ4v) is 3.71. The fraction of sp³-hybridized carbons (Fsp3) is 0.692. The van der Waals surface area contributed by atoms with E-state index in [0.717, 1.165) is 12.8 Å². The number of aromatic amines is 1. The fourth-order valence-electron chi connectivity index (χ4n) is 2.79. The zero-order valence-electron chi connectivity index (χ0n) is 12.0. The molecule has 0 aliphatic heterocycles. The van der Waals surface area contributed by atoms with E-state index in [1.54, 1.807) is 0 Å². The second-order valence-corrected chi connectivity index (χ2v) is 6.49. The lowest BCUT2D eigenvalue weighted by Gasteiger charge is -2.27. The molecule has 2 rings (SSSR count). The monoisotopic (exact) mass is 298 g/mol. The molecular formula is C13H22N4O2S. The van der Waals surface area contributed by atoms with Gasteiger partial charge < -0.3 is 11.1 Å². The van der Waals surface area contributed by atoms with Gasteiger partial charge in [-0.05, 0) is 26.0 Å². The molecule has 6 nitrogen and oxygen atoms in total. The average Bonchev–Trinajstić information content (AvgIpc) is 2.88. The van der Waals surface area contributed by atoms with Gasteiger partial charge in [0, 0.05) is 17.8 Å². The number of nitrogens with one attached hydrogen (secondary N) is 2. The Kier molecular flexibility index (Phi) is 4.47. The van der Waals surface area contributed by atoms with Gasteiger partial charge in [0.1, 0.15) is 11.5 Å². The molecular weight excluding hydrogens is 276 g/mol. The molecule has 0 radical (unpaired) electrons. The van der Waals surface area contributed by atoms with Gasteiger partial charge >= 0.3 is 5.69 Å². The van der Waals surface area contributed by atoms with Crippen molar-refractivity contribution in [3.05, 3.63) is 20.8 Å². The van der Waals surface area contributed by atoms with Crippen LogP contribution in [0.2, 0.25) is 0 Å². The zero-order valence-corrected chi connectivity index (χ0v) is 12.8. The summed E-state index contributed by atoms with van der Waals surface area (Å²) in [5.74, 6) is 0.218. The minimum absolute atomic E-state index is 0.173. The van der Waals surface area contributed by atoms with Crippen molar-refractivity contribution in [1.29, 1.82) is 0 Å². The summed E-state index contributed by atoms with van der Waals surface area (Å²) in [4.78, 5) is 25.8. The van der Waals surface area contributed by atoms with Gasteiger partial charge in [-0.1, -0.05) is 12.8 Å². The molecule has 0 unspecified atom stereocenters. The Hall–Kier alpha value is -1.37. The van der Waals surface area contributed by atoms with E-state index in [1.165, 1.54) is 17.4 Å². The largest absolute Gasteiger partial charge is 0.383 e. The van der Waals surface area contributed by atoms with Crippen LogP contribution in [-0.4, -0.2) is 27.1 Å². The third-order valence-corrected chi connectivity index (χ3v) is 5.51. The number of hydrogen-bond donors (Lipinski definition) is 3. The lowest BCUT2D eigenvalue weighted by molar-refractivity contribution is 0.637. The molecule has 1 aromatic rings. The van der Waals surface area contributed by atoms with E-state index < -0.39 is 11.2 Å². The van der Waals surface area contributed by atoms with Crippen molar-refractivity contribution in [1.82, 2.24) is 9.55 Å². The summed E-state index contributed by atoms with van der Waals surface area (Å²) in [5, 5.41) is 3.17. The van der Waals surface area contributed by atoms with Gasteiger partial charge in [-0.25, -0.2) is 4.79 Å². The molecule has 1 fully saturated rings. The molecule has 7 heteroatoms. The maximum Gasteiger partial charge on any atom is 0.330 e.